The molecule has 120 valence electrons. The van der Waals surface area contributed by atoms with E-state index in [0.717, 1.165) is 5.56 Å². The molecule has 0 unspecified atom stereocenters. The molecule has 0 spiro atoms. The van der Waals surface area contributed by atoms with Crippen molar-refractivity contribution in [1.29, 1.82) is 5.26 Å². The summed E-state index contributed by atoms with van der Waals surface area (Å²) in [5.74, 6) is 1.71. The Kier molecular flexibility index (Phi) is 4.35. The van der Waals surface area contributed by atoms with E-state index in [0.29, 0.717) is 28.2 Å². The van der Waals surface area contributed by atoms with Gasteiger partial charge in [-0.25, -0.2) is 4.98 Å². The van der Waals surface area contributed by atoms with Crippen molar-refractivity contribution >= 4 is 17.6 Å². The van der Waals surface area contributed by atoms with Crippen molar-refractivity contribution in [2.75, 3.05) is 12.0 Å². The molecule has 3 aromatic rings. The molecule has 2 aromatic heterocycles. The Morgan fingerprint density at radius 1 is 1.25 bits per heavy atom. The molecule has 0 aliphatic rings. The minimum Gasteiger partial charge on any atom is -0.439 e. The van der Waals surface area contributed by atoms with Gasteiger partial charge in [0.1, 0.15) is 23.2 Å². The summed E-state index contributed by atoms with van der Waals surface area (Å²) in [5, 5.41) is 13.6. The van der Waals surface area contributed by atoms with Crippen molar-refractivity contribution < 1.29 is 4.74 Å². The number of nitriles is 1. The smallest absolute Gasteiger partial charge is 0.225 e. The first-order valence-electron chi connectivity index (χ1n) is 7.02. The van der Waals surface area contributed by atoms with Gasteiger partial charge in [0.25, 0.3) is 0 Å². The van der Waals surface area contributed by atoms with E-state index in [1.54, 1.807) is 6.07 Å². The summed E-state index contributed by atoms with van der Waals surface area (Å²) in [6.45, 7) is 2.01. The quantitative estimate of drug-likeness (QED) is 0.576. The topological polar surface area (TPSA) is 103 Å². The highest BCUT2D eigenvalue weighted by Crippen LogP contribution is 2.25. The number of nitrogens with two attached hydrogens (primary N) is 1. The third-order valence-corrected chi connectivity index (χ3v) is 3.79. The van der Waals surface area contributed by atoms with Crippen LogP contribution < -0.4 is 10.5 Å². The number of anilines is 1. The van der Waals surface area contributed by atoms with Crippen molar-refractivity contribution in [2.24, 2.45) is 0 Å². The summed E-state index contributed by atoms with van der Waals surface area (Å²) < 4.78 is 7.19. The molecule has 8 heteroatoms. The van der Waals surface area contributed by atoms with Gasteiger partial charge in [0.2, 0.25) is 5.88 Å². The van der Waals surface area contributed by atoms with Gasteiger partial charge in [-0.2, -0.15) is 20.0 Å². The molecule has 0 amide bonds. The predicted molar refractivity (Wildman–Crippen MR) is 91.3 cm³/mol. The lowest BCUT2D eigenvalue weighted by Gasteiger charge is -2.09. The Hall–Kier alpha value is -3.05. The van der Waals surface area contributed by atoms with Crippen LogP contribution in [0.15, 0.2) is 41.7 Å². The number of nitrogen functional groups attached to an aromatic ring is 1. The zero-order valence-corrected chi connectivity index (χ0v) is 13.9. The molecule has 2 heterocycles. The van der Waals surface area contributed by atoms with Crippen LogP contribution in [0.3, 0.4) is 0 Å². The van der Waals surface area contributed by atoms with Crippen LogP contribution in [0.1, 0.15) is 11.1 Å². The zero-order valence-electron chi connectivity index (χ0n) is 13.1. The van der Waals surface area contributed by atoms with Crippen LogP contribution in [-0.4, -0.2) is 26.0 Å². The minimum absolute atomic E-state index is 0.226. The van der Waals surface area contributed by atoms with Crippen LogP contribution in [-0.2, 0) is 0 Å². The molecule has 1 aromatic carbocycles. The lowest BCUT2D eigenvalue weighted by atomic mass is 10.2. The Morgan fingerprint density at radius 2 is 2.00 bits per heavy atom. The molecule has 7 nitrogen and oxygen atoms in total. The number of hydrogen-bond donors (Lipinski definition) is 1. The molecule has 0 radical (unpaired) electrons. The van der Waals surface area contributed by atoms with E-state index in [9.17, 15) is 0 Å². The number of hydrogen-bond acceptors (Lipinski definition) is 7. The second kappa shape index (κ2) is 6.60. The maximum absolute atomic E-state index is 9.01. The molecule has 0 bridgehead atoms. The molecule has 0 aliphatic carbocycles. The number of ether oxygens (including phenoxy) is 1. The SMILES string of the molecule is CSc1nc(Oc2ccc(C)cc2)cc(-n2ncc(C#N)c2N)n1. The molecule has 2 N–H and O–H groups in total. The van der Waals surface area contributed by atoms with Gasteiger partial charge in [0, 0.05) is 6.07 Å². The number of benzene rings is 1. The van der Waals surface area contributed by atoms with Crippen molar-refractivity contribution in [3.63, 3.8) is 0 Å². The first kappa shape index (κ1) is 15.8. The van der Waals surface area contributed by atoms with Crippen LogP contribution in [0.25, 0.3) is 5.82 Å². The fraction of sp³-hybridized carbons (Fsp3) is 0.125. The fourth-order valence-electron chi connectivity index (χ4n) is 2.00. The van der Waals surface area contributed by atoms with E-state index >= 15 is 0 Å². The second-order valence-corrected chi connectivity index (χ2v) is 5.71. The van der Waals surface area contributed by atoms with Gasteiger partial charge >= 0.3 is 0 Å². The number of nitrogens with zero attached hydrogens (tertiary/aromatic N) is 5. The molecule has 0 atom stereocenters. The van der Waals surface area contributed by atoms with Gasteiger partial charge in [0.05, 0.1) is 6.20 Å². The Morgan fingerprint density at radius 3 is 2.62 bits per heavy atom. The van der Waals surface area contributed by atoms with Crippen LogP contribution in [0, 0.1) is 18.3 Å². The highest BCUT2D eigenvalue weighted by Gasteiger charge is 2.13. The van der Waals surface area contributed by atoms with Gasteiger partial charge in [-0.1, -0.05) is 29.5 Å². The molecule has 0 saturated heterocycles. The Labute approximate surface area is 143 Å². The summed E-state index contributed by atoms with van der Waals surface area (Å²) in [4.78, 5) is 8.70. The highest BCUT2D eigenvalue weighted by atomic mass is 32.2. The third kappa shape index (κ3) is 3.16. The van der Waals surface area contributed by atoms with Crippen LogP contribution in [0.5, 0.6) is 11.6 Å². The summed E-state index contributed by atoms with van der Waals surface area (Å²) in [5.41, 5.74) is 7.36. The van der Waals surface area contributed by atoms with E-state index in [-0.39, 0.29) is 5.82 Å². The highest BCUT2D eigenvalue weighted by molar-refractivity contribution is 7.98. The summed E-state index contributed by atoms with van der Waals surface area (Å²) in [6.07, 6.45) is 3.26. The summed E-state index contributed by atoms with van der Waals surface area (Å²) >= 11 is 1.37. The van der Waals surface area contributed by atoms with Crippen LogP contribution in [0.4, 0.5) is 5.82 Å². The predicted octanol–water partition coefficient (Wildman–Crippen LogP) is 2.94. The third-order valence-electron chi connectivity index (χ3n) is 3.24. The van der Waals surface area contributed by atoms with Crippen molar-refractivity contribution in [1.82, 2.24) is 19.7 Å². The monoisotopic (exact) mass is 338 g/mol. The lowest BCUT2D eigenvalue weighted by Crippen LogP contribution is -2.06. The molecule has 24 heavy (non-hydrogen) atoms. The average molecular weight is 338 g/mol. The molecule has 0 fully saturated rings. The normalized spacial score (nSPS) is 10.4. The number of rotatable bonds is 4. The van der Waals surface area contributed by atoms with Crippen molar-refractivity contribution in [3.8, 4) is 23.5 Å². The summed E-state index contributed by atoms with van der Waals surface area (Å²) in [6, 6.07) is 11.3. The van der Waals surface area contributed by atoms with Gasteiger partial charge < -0.3 is 10.5 Å². The summed E-state index contributed by atoms with van der Waals surface area (Å²) in [7, 11) is 0. The van der Waals surface area contributed by atoms with E-state index in [1.165, 1.54) is 22.6 Å². The van der Waals surface area contributed by atoms with Crippen LogP contribution in [0.2, 0.25) is 0 Å². The van der Waals surface area contributed by atoms with E-state index in [1.807, 2.05) is 43.5 Å². The minimum atomic E-state index is 0.226. The second-order valence-electron chi connectivity index (χ2n) is 4.93. The van der Waals surface area contributed by atoms with E-state index in [2.05, 4.69) is 15.1 Å². The van der Waals surface area contributed by atoms with Crippen molar-refractivity contribution in [2.45, 2.75) is 12.1 Å². The Balaban J connectivity index is 2.00. The van der Waals surface area contributed by atoms with Crippen LogP contribution >= 0.6 is 11.8 Å². The maximum Gasteiger partial charge on any atom is 0.225 e. The van der Waals surface area contributed by atoms with Gasteiger partial charge in [-0.05, 0) is 25.3 Å². The molecule has 3 rings (SSSR count). The molecular weight excluding hydrogens is 324 g/mol. The van der Waals surface area contributed by atoms with Gasteiger partial charge in [0.15, 0.2) is 11.0 Å². The molecule has 0 saturated carbocycles. The van der Waals surface area contributed by atoms with E-state index < -0.39 is 0 Å². The maximum atomic E-state index is 9.01. The van der Waals surface area contributed by atoms with E-state index in [4.69, 9.17) is 15.7 Å². The number of thioether (sulfide) groups is 1. The molecular formula is C16H14N6OS. The molecule has 0 aliphatic heterocycles. The standard InChI is InChI=1S/C16H14N6OS/c1-10-3-5-12(6-4-10)23-14-7-13(20-16(21-14)24-2)22-15(18)11(8-17)9-19-22/h3-7,9H,18H2,1-2H3. The number of aryl methyl sites for hydroxylation is 1. The van der Waals surface area contributed by atoms with Crippen molar-refractivity contribution in [3.05, 3.63) is 47.7 Å². The fourth-order valence-corrected chi connectivity index (χ4v) is 2.36. The van der Waals surface area contributed by atoms with Gasteiger partial charge in [-0.3, -0.25) is 0 Å². The van der Waals surface area contributed by atoms with Gasteiger partial charge in [-0.15, -0.1) is 0 Å². The number of aromatic nitrogens is 4. The average Bonchev–Trinajstić information content (AvgIpc) is 2.97. The first-order chi connectivity index (χ1) is 11.6. The Bertz CT molecular complexity index is 913. The first-order valence-corrected chi connectivity index (χ1v) is 8.24. The lowest BCUT2D eigenvalue weighted by molar-refractivity contribution is 0.454. The largest absolute Gasteiger partial charge is 0.439 e. The zero-order chi connectivity index (χ0) is 17.1.